The highest BCUT2D eigenvalue weighted by atomic mass is 32.2. The number of carbonyl (C=O) groups is 2. The van der Waals surface area contributed by atoms with E-state index >= 15 is 0 Å². The fourth-order valence-electron chi connectivity index (χ4n) is 4.59. The Morgan fingerprint density at radius 2 is 1.58 bits per heavy atom. The van der Waals surface area contributed by atoms with Gasteiger partial charge in [-0.05, 0) is 50.1 Å². The summed E-state index contributed by atoms with van der Waals surface area (Å²) < 4.78 is 80.4. The van der Waals surface area contributed by atoms with Crippen LogP contribution in [0.15, 0.2) is 78.9 Å². The Labute approximate surface area is 249 Å². The molecule has 0 saturated carbocycles. The largest absolute Gasteiger partial charge is 0.416 e. The first-order chi connectivity index (χ1) is 20.2. The van der Waals surface area contributed by atoms with Gasteiger partial charge >= 0.3 is 6.18 Å². The Balaban J connectivity index is 1.90. The minimum atomic E-state index is -4.67. The highest BCUT2D eigenvalue weighted by molar-refractivity contribution is 7.92. The van der Waals surface area contributed by atoms with Gasteiger partial charge in [0.1, 0.15) is 11.9 Å². The smallest absolute Gasteiger partial charge is 0.352 e. The molecule has 0 radical (unpaired) electrons. The van der Waals surface area contributed by atoms with E-state index in [-0.39, 0.29) is 49.6 Å². The summed E-state index contributed by atoms with van der Waals surface area (Å²) in [4.78, 5) is 28.4. The number of hydrogen-bond acceptors (Lipinski definition) is 4. The average Bonchev–Trinajstić information content (AvgIpc) is 2.93. The van der Waals surface area contributed by atoms with Crippen molar-refractivity contribution in [2.75, 3.05) is 17.1 Å². The van der Waals surface area contributed by atoms with Crippen molar-refractivity contribution in [2.45, 2.75) is 57.9 Å². The Kier molecular flexibility index (Phi) is 11.3. The Bertz CT molecular complexity index is 1500. The number of hydrogen-bond donors (Lipinski definition) is 1. The van der Waals surface area contributed by atoms with Crippen LogP contribution in [0.5, 0.6) is 0 Å². The first-order valence-electron chi connectivity index (χ1n) is 13.7. The summed E-state index contributed by atoms with van der Waals surface area (Å²) in [5.74, 6) is -1.54. The Hall–Kier alpha value is -3.93. The summed E-state index contributed by atoms with van der Waals surface area (Å²) in [6.45, 7) is 3.03. The second-order valence-corrected chi connectivity index (χ2v) is 12.4. The number of benzene rings is 3. The minimum absolute atomic E-state index is 0.0697. The third-order valence-corrected chi connectivity index (χ3v) is 7.81. The molecule has 7 nitrogen and oxygen atoms in total. The second kappa shape index (κ2) is 14.5. The van der Waals surface area contributed by atoms with Crippen LogP contribution in [0.3, 0.4) is 0 Å². The van der Waals surface area contributed by atoms with E-state index in [2.05, 4.69) is 5.32 Å². The van der Waals surface area contributed by atoms with Crippen LogP contribution in [0.4, 0.5) is 23.2 Å². The van der Waals surface area contributed by atoms with Crippen LogP contribution in [-0.2, 0) is 38.8 Å². The normalized spacial score (nSPS) is 12.6. The number of nitrogens with zero attached hydrogens (tertiary/aromatic N) is 2. The van der Waals surface area contributed by atoms with Crippen LogP contribution in [0.1, 0.15) is 43.4 Å². The van der Waals surface area contributed by atoms with Crippen molar-refractivity contribution < 1.29 is 35.6 Å². The van der Waals surface area contributed by atoms with Gasteiger partial charge in [-0.25, -0.2) is 12.8 Å². The summed E-state index contributed by atoms with van der Waals surface area (Å²) in [7, 11) is -4.01. The van der Waals surface area contributed by atoms with E-state index in [4.69, 9.17) is 0 Å². The molecule has 3 rings (SSSR count). The number of carbonyl (C=O) groups excluding carboxylic acids is 2. The fraction of sp³-hybridized carbons (Fsp3) is 0.355. The van der Waals surface area contributed by atoms with E-state index in [1.165, 1.54) is 29.2 Å². The highest BCUT2D eigenvalue weighted by Gasteiger charge is 2.33. The molecule has 0 aromatic heterocycles. The molecule has 0 saturated heterocycles. The molecule has 232 valence electrons. The van der Waals surface area contributed by atoms with E-state index < -0.39 is 45.4 Å². The number of nitrogens with one attached hydrogen (secondary N) is 1. The molecule has 0 heterocycles. The Morgan fingerprint density at radius 1 is 0.930 bits per heavy atom. The monoisotopic (exact) mass is 621 g/mol. The van der Waals surface area contributed by atoms with Gasteiger partial charge in [0.2, 0.25) is 21.8 Å². The molecule has 1 N–H and O–H groups in total. The molecule has 0 aliphatic heterocycles. The van der Waals surface area contributed by atoms with E-state index in [9.17, 15) is 35.6 Å². The highest BCUT2D eigenvalue weighted by Crippen LogP contribution is 2.32. The van der Waals surface area contributed by atoms with Crippen molar-refractivity contribution in [2.24, 2.45) is 0 Å². The molecule has 0 aliphatic carbocycles. The number of rotatable bonds is 13. The molecule has 0 bridgehead atoms. The molecule has 3 aromatic carbocycles. The van der Waals surface area contributed by atoms with Gasteiger partial charge in [0.15, 0.2) is 0 Å². The van der Waals surface area contributed by atoms with Gasteiger partial charge in [-0.2, -0.15) is 13.2 Å². The van der Waals surface area contributed by atoms with Crippen LogP contribution in [0, 0.1) is 5.82 Å². The quantitative estimate of drug-likeness (QED) is 0.254. The van der Waals surface area contributed by atoms with Gasteiger partial charge in [0, 0.05) is 37.5 Å². The van der Waals surface area contributed by atoms with Gasteiger partial charge in [-0.3, -0.25) is 13.9 Å². The lowest BCUT2D eigenvalue weighted by Crippen LogP contribution is -2.52. The number of halogens is 4. The second-order valence-electron chi connectivity index (χ2n) is 10.5. The van der Waals surface area contributed by atoms with E-state index in [1.54, 1.807) is 44.2 Å². The van der Waals surface area contributed by atoms with Gasteiger partial charge in [-0.1, -0.05) is 54.6 Å². The van der Waals surface area contributed by atoms with Gasteiger partial charge in [0.25, 0.3) is 0 Å². The lowest BCUT2D eigenvalue weighted by molar-refractivity contribution is -0.141. The van der Waals surface area contributed by atoms with Crippen LogP contribution < -0.4 is 9.62 Å². The summed E-state index contributed by atoms with van der Waals surface area (Å²) in [5, 5.41) is 2.83. The summed E-state index contributed by atoms with van der Waals surface area (Å²) in [6.07, 6.45) is -3.99. The first-order valence-corrected chi connectivity index (χ1v) is 15.5. The number of anilines is 1. The zero-order valence-electron chi connectivity index (χ0n) is 24.1. The third kappa shape index (κ3) is 9.81. The zero-order valence-corrected chi connectivity index (χ0v) is 25.0. The molecule has 0 aliphatic rings. The predicted octanol–water partition coefficient (Wildman–Crippen LogP) is 5.56. The zero-order chi connectivity index (χ0) is 31.8. The minimum Gasteiger partial charge on any atom is -0.352 e. The molecule has 1 atom stereocenters. The molecule has 1 unspecified atom stereocenters. The molecule has 2 amide bonds. The molecule has 12 heteroatoms. The lowest BCUT2D eigenvalue weighted by atomic mass is 10.0. The SMILES string of the molecule is CC(C)NC(=O)C(Cc1ccccc1)N(Cc1ccccc1F)C(=O)CCCN(c1cccc(C(F)(F)F)c1)S(C)(=O)=O. The van der Waals surface area contributed by atoms with E-state index in [0.29, 0.717) is 0 Å². The van der Waals surface area contributed by atoms with Crippen molar-refractivity contribution in [3.63, 3.8) is 0 Å². The van der Waals surface area contributed by atoms with Crippen LogP contribution >= 0.6 is 0 Å². The molecule has 0 fully saturated rings. The summed E-state index contributed by atoms with van der Waals surface area (Å²) in [5.41, 5.74) is -0.240. The standard InChI is InChI=1S/C31H35F4N3O4S/c1-22(2)36-30(40)28(19-23-11-5-4-6-12-23)37(21-24-13-7-8-16-27(24)32)29(39)17-10-18-38(43(3,41)42)26-15-9-14-25(20-26)31(33,34)35/h4-9,11-16,20,22,28H,10,17-19,21H2,1-3H3,(H,36,40). The summed E-state index contributed by atoms with van der Waals surface area (Å²) >= 11 is 0. The maximum atomic E-state index is 14.7. The number of sulfonamides is 1. The number of amides is 2. The molecule has 0 spiro atoms. The van der Waals surface area contributed by atoms with Gasteiger partial charge in [0.05, 0.1) is 17.5 Å². The summed E-state index contributed by atoms with van der Waals surface area (Å²) in [6, 6.07) is 17.5. The lowest BCUT2D eigenvalue weighted by Gasteiger charge is -2.32. The maximum absolute atomic E-state index is 14.7. The maximum Gasteiger partial charge on any atom is 0.416 e. The van der Waals surface area contributed by atoms with Gasteiger partial charge < -0.3 is 10.2 Å². The molecule has 43 heavy (non-hydrogen) atoms. The van der Waals surface area contributed by atoms with Crippen LogP contribution in [-0.4, -0.2) is 50.0 Å². The molecule has 3 aromatic rings. The first kappa shape index (κ1) is 33.6. The molecular weight excluding hydrogens is 586 g/mol. The fourth-order valence-corrected chi connectivity index (χ4v) is 5.54. The van der Waals surface area contributed by atoms with Crippen LogP contribution in [0.25, 0.3) is 0 Å². The molecular formula is C31H35F4N3O4S. The predicted molar refractivity (Wildman–Crippen MR) is 157 cm³/mol. The number of alkyl halides is 3. The average molecular weight is 622 g/mol. The van der Waals surface area contributed by atoms with E-state index in [1.807, 2.05) is 6.07 Å². The van der Waals surface area contributed by atoms with Crippen LogP contribution in [0.2, 0.25) is 0 Å². The third-order valence-electron chi connectivity index (χ3n) is 6.61. The van der Waals surface area contributed by atoms with Crippen molar-refractivity contribution in [3.8, 4) is 0 Å². The van der Waals surface area contributed by atoms with Crippen molar-refractivity contribution in [1.29, 1.82) is 0 Å². The van der Waals surface area contributed by atoms with Crippen molar-refractivity contribution in [3.05, 3.63) is 101 Å². The van der Waals surface area contributed by atoms with E-state index in [0.717, 1.165) is 34.3 Å². The topological polar surface area (TPSA) is 86.8 Å². The van der Waals surface area contributed by atoms with Crippen molar-refractivity contribution in [1.82, 2.24) is 10.2 Å². The van der Waals surface area contributed by atoms with Gasteiger partial charge in [-0.15, -0.1) is 0 Å². The van der Waals surface area contributed by atoms with Crippen molar-refractivity contribution >= 4 is 27.5 Å². The Morgan fingerprint density at radius 3 is 2.19 bits per heavy atom.